The Morgan fingerprint density at radius 2 is 2.26 bits per heavy atom. The zero-order valence-electron chi connectivity index (χ0n) is 19.3. The van der Waals surface area contributed by atoms with E-state index in [0.717, 1.165) is 32.5 Å². The van der Waals surface area contributed by atoms with Crippen molar-refractivity contribution < 1.29 is 18.7 Å². The maximum atomic E-state index is 14.4. The van der Waals surface area contributed by atoms with Gasteiger partial charge in [0.2, 0.25) is 11.8 Å². The van der Waals surface area contributed by atoms with Crippen LogP contribution in [0, 0.1) is 12.7 Å². The number of hydrogen-bond acceptors (Lipinski definition) is 8. The third-order valence-electron chi connectivity index (χ3n) is 6.11. The van der Waals surface area contributed by atoms with Gasteiger partial charge in [0.05, 0.1) is 36.7 Å². The molecule has 2 aliphatic heterocycles. The van der Waals surface area contributed by atoms with Gasteiger partial charge in [-0.05, 0) is 26.7 Å². The van der Waals surface area contributed by atoms with E-state index < -0.39 is 11.7 Å². The highest BCUT2D eigenvalue weighted by Gasteiger charge is 2.39. The number of fused-ring (bicyclic) bond motifs is 1. The van der Waals surface area contributed by atoms with Gasteiger partial charge in [-0.1, -0.05) is 0 Å². The van der Waals surface area contributed by atoms with Crippen LogP contribution in [0.3, 0.4) is 0 Å². The fourth-order valence-corrected chi connectivity index (χ4v) is 4.60. The molecule has 0 aromatic carbocycles. The molecule has 2 saturated heterocycles. The fourth-order valence-electron chi connectivity index (χ4n) is 4.60. The number of morpholine rings is 1. The SMILES string of the molecule is CCOc1nc(N2CCCC3(CNCCO3)C2)ncc1C(=O)Nc1cc(F)c2nc(C)cn2c1. The number of carbonyl (C=O) groups is 1. The van der Waals surface area contributed by atoms with E-state index in [1.165, 1.54) is 16.7 Å². The number of anilines is 2. The van der Waals surface area contributed by atoms with Gasteiger partial charge in [0.1, 0.15) is 5.56 Å². The molecule has 3 aromatic heterocycles. The van der Waals surface area contributed by atoms with Crippen molar-refractivity contribution in [1.29, 1.82) is 0 Å². The summed E-state index contributed by atoms with van der Waals surface area (Å²) in [6.07, 6.45) is 6.69. The van der Waals surface area contributed by atoms with E-state index in [1.807, 2.05) is 6.92 Å². The predicted octanol–water partition coefficient (Wildman–Crippen LogP) is 2.18. The molecule has 0 bridgehead atoms. The Labute approximate surface area is 196 Å². The van der Waals surface area contributed by atoms with Gasteiger partial charge in [-0.3, -0.25) is 4.79 Å². The third kappa shape index (κ3) is 4.40. The molecule has 2 aliphatic rings. The monoisotopic (exact) mass is 469 g/mol. The first-order valence-electron chi connectivity index (χ1n) is 11.5. The number of aromatic nitrogens is 4. The van der Waals surface area contributed by atoms with Crippen LogP contribution in [0.25, 0.3) is 5.65 Å². The van der Waals surface area contributed by atoms with Crippen LogP contribution in [0.1, 0.15) is 35.8 Å². The van der Waals surface area contributed by atoms with Crippen molar-refractivity contribution in [2.45, 2.75) is 32.3 Å². The van der Waals surface area contributed by atoms with E-state index in [-0.39, 0.29) is 22.7 Å². The van der Waals surface area contributed by atoms with E-state index in [4.69, 9.17) is 9.47 Å². The van der Waals surface area contributed by atoms with E-state index in [2.05, 4.69) is 30.5 Å². The fraction of sp³-hybridized carbons (Fsp3) is 0.478. The lowest BCUT2D eigenvalue weighted by atomic mass is 9.91. The number of hydrogen-bond donors (Lipinski definition) is 2. The summed E-state index contributed by atoms with van der Waals surface area (Å²) in [6.45, 7) is 7.73. The van der Waals surface area contributed by atoms with Crippen LogP contribution in [0.2, 0.25) is 0 Å². The Morgan fingerprint density at radius 1 is 1.38 bits per heavy atom. The molecule has 10 nitrogen and oxygen atoms in total. The predicted molar refractivity (Wildman–Crippen MR) is 124 cm³/mol. The normalized spacial score (nSPS) is 20.6. The van der Waals surface area contributed by atoms with Crippen LogP contribution >= 0.6 is 0 Å². The molecule has 2 N–H and O–H groups in total. The van der Waals surface area contributed by atoms with Crippen LogP contribution in [-0.4, -0.2) is 70.3 Å². The van der Waals surface area contributed by atoms with Gasteiger partial charge in [0, 0.05) is 44.3 Å². The highest BCUT2D eigenvalue weighted by atomic mass is 19.1. The maximum Gasteiger partial charge on any atom is 0.262 e. The van der Waals surface area contributed by atoms with Gasteiger partial charge >= 0.3 is 0 Å². The number of rotatable bonds is 5. The van der Waals surface area contributed by atoms with Gasteiger partial charge in [-0.25, -0.2) is 14.4 Å². The second-order valence-corrected chi connectivity index (χ2v) is 8.70. The van der Waals surface area contributed by atoms with E-state index >= 15 is 0 Å². The zero-order chi connectivity index (χ0) is 23.7. The number of ether oxygens (including phenoxy) is 2. The van der Waals surface area contributed by atoms with Gasteiger partial charge < -0.3 is 29.4 Å². The van der Waals surface area contributed by atoms with E-state index in [9.17, 15) is 9.18 Å². The van der Waals surface area contributed by atoms with Gasteiger partial charge in [-0.15, -0.1) is 0 Å². The lowest BCUT2D eigenvalue weighted by molar-refractivity contribution is -0.0727. The molecule has 1 atom stereocenters. The van der Waals surface area contributed by atoms with Crippen molar-refractivity contribution in [3.8, 4) is 5.88 Å². The lowest BCUT2D eigenvalue weighted by Gasteiger charge is -2.45. The van der Waals surface area contributed by atoms with Gasteiger partial charge in [0.15, 0.2) is 11.5 Å². The van der Waals surface area contributed by atoms with Crippen molar-refractivity contribution in [1.82, 2.24) is 24.7 Å². The molecular formula is C23H28FN7O3. The van der Waals surface area contributed by atoms with Gasteiger partial charge in [0.25, 0.3) is 5.91 Å². The number of nitrogens with one attached hydrogen (secondary N) is 2. The minimum Gasteiger partial charge on any atom is -0.477 e. The summed E-state index contributed by atoms with van der Waals surface area (Å²) in [5.74, 6) is -0.330. The van der Waals surface area contributed by atoms with Crippen molar-refractivity contribution in [2.24, 2.45) is 0 Å². The summed E-state index contributed by atoms with van der Waals surface area (Å²) >= 11 is 0. The van der Waals surface area contributed by atoms with Crippen LogP contribution in [-0.2, 0) is 4.74 Å². The lowest BCUT2D eigenvalue weighted by Crippen LogP contribution is -2.59. The van der Waals surface area contributed by atoms with E-state index in [1.54, 1.807) is 19.3 Å². The van der Waals surface area contributed by atoms with Crippen molar-refractivity contribution >= 4 is 23.2 Å². The summed E-state index contributed by atoms with van der Waals surface area (Å²) in [5, 5.41) is 6.13. The minimum absolute atomic E-state index is 0.176. The Hall–Kier alpha value is -3.31. The van der Waals surface area contributed by atoms with Crippen LogP contribution in [0.15, 0.2) is 24.7 Å². The summed E-state index contributed by atoms with van der Waals surface area (Å²) < 4.78 is 27.8. The summed E-state index contributed by atoms with van der Waals surface area (Å²) in [6, 6.07) is 1.24. The molecule has 2 fully saturated rings. The molecule has 1 spiro atoms. The maximum absolute atomic E-state index is 14.4. The second kappa shape index (κ2) is 9.15. The van der Waals surface area contributed by atoms with Crippen LogP contribution in [0.5, 0.6) is 5.88 Å². The number of amides is 1. The summed E-state index contributed by atoms with van der Waals surface area (Å²) in [5.41, 5.74) is 1.10. The first-order chi connectivity index (χ1) is 16.5. The summed E-state index contributed by atoms with van der Waals surface area (Å²) in [4.78, 5) is 28.3. The first kappa shape index (κ1) is 22.5. The Bertz CT molecular complexity index is 1200. The number of halogens is 1. The van der Waals surface area contributed by atoms with Crippen LogP contribution in [0.4, 0.5) is 16.0 Å². The summed E-state index contributed by atoms with van der Waals surface area (Å²) in [7, 11) is 0. The molecule has 34 heavy (non-hydrogen) atoms. The number of piperidine rings is 1. The van der Waals surface area contributed by atoms with Gasteiger partial charge in [-0.2, -0.15) is 4.98 Å². The number of nitrogens with zero attached hydrogens (tertiary/aromatic N) is 5. The second-order valence-electron chi connectivity index (χ2n) is 8.70. The quantitative estimate of drug-likeness (QED) is 0.586. The molecule has 0 radical (unpaired) electrons. The van der Waals surface area contributed by atoms with Crippen LogP contribution < -0.4 is 20.3 Å². The Morgan fingerprint density at radius 3 is 3.06 bits per heavy atom. The number of pyridine rings is 1. The molecule has 0 aliphatic carbocycles. The molecule has 0 saturated carbocycles. The highest BCUT2D eigenvalue weighted by Crippen LogP contribution is 2.30. The number of aryl methyl sites for hydroxylation is 1. The molecule has 3 aromatic rings. The van der Waals surface area contributed by atoms with E-state index in [0.29, 0.717) is 37.1 Å². The number of imidazole rings is 1. The molecule has 11 heteroatoms. The molecule has 180 valence electrons. The Balaban J connectivity index is 1.38. The average Bonchev–Trinajstić information content (AvgIpc) is 3.20. The van der Waals surface area contributed by atoms with Crippen molar-refractivity contribution in [2.75, 3.05) is 49.6 Å². The number of carbonyl (C=O) groups excluding carboxylic acids is 1. The highest BCUT2D eigenvalue weighted by molar-refractivity contribution is 6.05. The zero-order valence-corrected chi connectivity index (χ0v) is 19.3. The largest absolute Gasteiger partial charge is 0.477 e. The molecule has 1 unspecified atom stereocenters. The average molecular weight is 470 g/mol. The van der Waals surface area contributed by atoms with Crippen molar-refractivity contribution in [3.05, 3.63) is 41.7 Å². The minimum atomic E-state index is -0.527. The smallest absolute Gasteiger partial charge is 0.262 e. The first-order valence-corrected chi connectivity index (χ1v) is 11.5. The molecule has 5 heterocycles. The topological polar surface area (TPSA) is 106 Å². The standard InChI is InChI=1S/C23H28FN7O3/c1-3-33-21-17(20(32)28-16-9-18(24)19-27-15(2)11-31(19)12-16)10-26-22(29-21)30-7-4-5-23(14-30)13-25-6-8-34-23/h9-12,25H,3-8,13-14H2,1-2H3,(H,28,32). The van der Waals surface area contributed by atoms with Crippen molar-refractivity contribution in [3.63, 3.8) is 0 Å². The molecule has 5 rings (SSSR count). The molecule has 1 amide bonds. The Kier molecular flexibility index (Phi) is 6.05. The molecular weight excluding hydrogens is 441 g/mol. The third-order valence-corrected chi connectivity index (χ3v) is 6.11.